The van der Waals surface area contributed by atoms with E-state index in [9.17, 15) is 8.42 Å². The van der Waals surface area contributed by atoms with Gasteiger partial charge in [0.25, 0.3) is 0 Å². The largest absolute Gasteiger partial charge is 0.243 e. The molecular formula is C12H15I2NO2S. The molecular weight excluding hydrogens is 476 g/mol. The van der Waals surface area contributed by atoms with Crippen molar-refractivity contribution in [2.24, 2.45) is 0 Å². The molecule has 1 aliphatic rings. The van der Waals surface area contributed by atoms with Crippen LogP contribution in [0.25, 0.3) is 0 Å². The average molecular weight is 491 g/mol. The van der Waals surface area contributed by atoms with E-state index in [0.29, 0.717) is 4.90 Å². The van der Waals surface area contributed by atoms with E-state index in [2.05, 4.69) is 45.2 Å². The Hall–Kier alpha value is 0.590. The lowest BCUT2D eigenvalue weighted by Gasteiger charge is -2.27. The Bertz CT molecular complexity index is 480. The van der Waals surface area contributed by atoms with Gasteiger partial charge in [0.2, 0.25) is 10.0 Å². The number of sulfonamides is 1. The van der Waals surface area contributed by atoms with E-state index in [4.69, 9.17) is 0 Å². The summed E-state index contributed by atoms with van der Waals surface area (Å²) in [7, 11) is -3.34. The summed E-state index contributed by atoms with van der Waals surface area (Å²) < 4.78 is 28.8. The first-order chi connectivity index (χ1) is 8.61. The predicted molar refractivity (Wildman–Crippen MR) is 90.1 cm³/mol. The van der Waals surface area contributed by atoms with Crippen LogP contribution in [0.2, 0.25) is 0 Å². The molecule has 0 unspecified atom stereocenters. The molecule has 6 heteroatoms. The second-order valence-electron chi connectivity index (χ2n) is 4.34. The zero-order chi connectivity index (χ0) is 13.2. The third-order valence-corrected chi connectivity index (χ3v) is 7.28. The maximum atomic E-state index is 12.7. The fraction of sp³-hybridized carbons (Fsp3) is 0.500. The molecule has 0 N–H and O–H groups in total. The van der Waals surface area contributed by atoms with Crippen molar-refractivity contribution in [3.8, 4) is 0 Å². The summed E-state index contributed by atoms with van der Waals surface area (Å²) in [6.07, 6.45) is 1.95. The minimum atomic E-state index is -3.34. The fourth-order valence-corrected chi connectivity index (χ4v) is 6.49. The number of halogens is 2. The number of hydrogen-bond acceptors (Lipinski definition) is 2. The molecule has 1 heterocycles. The Kier molecular flexibility index (Phi) is 5.30. The Balaban J connectivity index is 2.39. The summed E-state index contributed by atoms with van der Waals surface area (Å²) in [5.41, 5.74) is 0. The quantitative estimate of drug-likeness (QED) is 0.480. The van der Waals surface area contributed by atoms with Gasteiger partial charge < -0.3 is 0 Å². The van der Waals surface area contributed by atoms with Crippen LogP contribution in [0.5, 0.6) is 0 Å². The van der Waals surface area contributed by atoms with Crippen molar-refractivity contribution < 1.29 is 8.42 Å². The van der Waals surface area contributed by atoms with E-state index < -0.39 is 10.0 Å². The topological polar surface area (TPSA) is 37.4 Å². The van der Waals surface area contributed by atoms with Crippen LogP contribution >= 0.6 is 45.2 Å². The average Bonchev–Trinajstić information content (AvgIpc) is 2.83. The molecule has 0 radical (unpaired) electrons. The number of hydrogen-bond donors (Lipinski definition) is 0. The molecule has 1 aliphatic heterocycles. The van der Waals surface area contributed by atoms with Crippen LogP contribution in [0.15, 0.2) is 35.2 Å². The zero-order valence-corrected chi connectivity index (χ0v) is 14.9. The highest BCUT2D eigenvalue weighted by Crippen LogP contribution is 2.32. The zero-order valence-electron chi connectivity index (χ0n) is 9.80. The van der Waals surface area contributed by atoms with Gasteiger partial charge in [-0.2, -0.15) is 4.31 Å². The predicted octanol–water partition coefficient (Wildman–Crippen LogP) is 3.08. The number of nitrogens with zero attached hydrogens (tertiary/aromatic N) is 1. The molecule has 0 aliphatic carbocycles. The monoisotopic (exact) mass is 491 g/mol. The molecule has 2 atom stereocenters. The van der Waals surface area contributed by atoms with Gasteiger partial charge in [0.05, 0.1) is 4.90 Å². The van der Waals surface area contributed by atoms with Crippen LogP contribution in [-0.4, -0.2) is 33.7 Å². The second kappa shape index (κ2) is 6.36. The van der Waals surface area contributed by atoms with Crippen LogP contribution in [0.3, 0.4) is 0 Å². The van der Waals surface area contributed by atoms with E-state index in [0.717, 1.165) is 21.7 Å². The van der Waals surface area contributed by atoms with Crippen molar-refractivity contribution in [2.45, 2.75) is 29.8 Å². The van der Waals surface area contributed by atoms with Gasteiger partial charge in [0, 0.05) is 20.9 Å². The second-order valence-corrected chi connectivity index (χ2v) is 7.95. The molecule has 1 aromatic carbocycles. The molecule has 0 spiro atoms. The van der Waals surface area contributed by atoms with Crippen molar-refractivity contribution in [1.82, 2.24) is 4.31 Å². The van der Waals surface area contributed by atoms with Gasteiger partial charge in [0.15, 0.2) is 0 Å². The van der Waals surface area contributed by atoms with Crippen molar-refractivity contribution in [3.05, 3.63) is 30.3 Å². The van der Waals surface area contributed by atoms with Gasteiger partial charge in [-0.25, -0.2) is 8.42 Å². The molecule has 1 aromatic rings. The molecule has 1 saturated heterocycles. The van der Waals surface area contributed by atoms with Crippen LogP contribution in [0.1, 0.15) is 12.8 Å². The van der Waals surface area contributed by atoms with E-state index in [1.54, 1.807) is 28.6 Å². The highest BCUT2D eigenvalue weighted by Gasteiger charge is 2.40. The van der Waals surface area contributed by atoms with Crippen molar-refractivity contribution in [1.29, 1.82) is 0 Å². The van der Waals surface area contributed by atoms with E-state index >= 15 is 0 Å². The van der Waals surface area contributed by atoms with E-state index in [1.807, 2.05) is 6.07 Å². The van der Waals surface area contributed by atoms with Gasteiger partial charge in [-0.05, 0) is 25.0 Å². The summed E-state index contributed by atoms with van der Waals surface area (Å²) in [5, 5.41) is 0. The third-order valence-electron chi connectivity index (χ3n) is 3.23. The molecule has 0 bridgehead atoms. The van der Waals surface area contributed by atoms with Gasteiger partial charge in [-0.1, -0.05) is 63.4 Å². The summed E-state index contributed by atoms with van der Waals surface area (Å²) in [6.45, 7) is 0. The van der Waals surface area contributed by atoms with E-state index in [-0.39, 0.29) is 12.1 Å². The fourth-order valence-electron chi connectivity index (χ4n) is 2.33. The Morgan fingerprint density at radius 3 is 2.00 bits per heavy atom. The maximum Gasteiger partial charge on any atom is 0.243 e. The van der Waals surface area contributed by atoms with Crippen LogP contribution in [0, 0.1) is 0 Å². The van der Waals surface area contributed by atoms with Gasteiger partial charge >= 0.3 is 0 Å². The number of alkyl halides is 2. The van der Waals surface area contributed by atoms with Crippen molar-refractivity contribution in [2.75, 3.05) is 8.86 Å². The van der Waals surface area contributed by atoms with Crippen molar-refractivity contribution >= 4 is 55.2 Å². The highest BCUT2D eigenvalue weighted by molar-refractivity contribution is 14.1. The minimum Gasteiger partial charge on any atom is -0.207 e. The van der Waals surface area contributed by atoms with Crippen LogP contribution in [0.4, 0.5) is 0 Å². The minimum absolute atomic E-state index is 0.149. The molecule has 1 fully saturated rings. The highest BCUT2D eigenvalue weighted by atomic mass is 127. The first kappa shape index (κ1) is 15.0. The summed E-state index contributed by atoms with van der Waals surface area (Å²) in [6, 6.07) is 9.06. The van der Waals surface area contributed by atoms with Crippen molar-refractivity contribution in [3.63, 3.8) is 0 Å². The normalized spacial score (nSPS) is 25.4. The smallest absolute Gasteiger partial charge is 0.207 e. The third kappa shape index (κ3) is 2.85. The first-order valence-electron chi connectivity index (χ1n) is 5.81. The lowest BCUT2D eigenvalue weighted by Crippen LogP contribution is -2.42. The Morgan fingerprint density at radius 2 is 1.56 bits per heavy atom. The number of rotatable bonds is 4. The van der Waals surface area contributed by atoms with E-state index in [1.165, 1.54) is 0 Å². The Labute approximate surface area is 136 Å². The standard InChI is InChI=1S/C12H15I2NO2S/c13-8-10-6-7-11(9-14)15(10)18(16,17)12-4-2-1-3-5-12/h1-5,10-11H,6-9H2/t10-,11-/m0/s1. The molecule has 0 amide bonds. The number of benzene rings is 1. The molecule has 18 heavy (non-hydrogen) atoms. The van der Waals surface area contributed by atoms with Gasteiger partial charge in [0.1, 0.15) is 0 Å². The molecule has 2 rings (SSSR count). The summed E-state index contributed by atoms with van der Waals surface area (Å²) in [4.78, 5) is 0.414. The lowest BCUT2D eigenvalue weighted by atomic mass is 10.2. The molecule has 0 aromatic heterocycles. The van der Waals surface area contributed by atoms with Gasteiger partial charge in [-0.15, -0.1) is 0 Å². The molecule has 0 saturated carbocycles. The molecule has 100 valence electrons. The Morgan fingerprint density at radius 1 is 1.06 bits per heavy atom. The maximum absolute atomic E-state index is 12.7. The lowest BCUT2D eigenvalue weighted by molar-refractivity contribution is 0.361. The molecule has 3 nitrogen and oxygen atoms in total. The van der Waals surface area contributed by atoms with Gasteiger partial charge in [-0.3, -0.25) is 0 Å². The van der Waals surface area contributed by atoms with Crippen LogP contribution < -0.4 is 0 Å². The SMILES string of the molecule is O=S(=O)(c1ccccc1)N1[C@H](CI)CC[C@H]1CI. The summed E-state index contributed by atoms with van der Waals surface area (Å²) >= 11 is 4.56. The van der Waals surface area contributed by atoms with Crippen LogP contribution in [-0.2, 0) is 10.0 Å². The first-order valence-corrected chi connectivity index (χ1v) is 10.3. The summed E-state index contributed by atoms with van der Waals surface area (Å²) in [5.74, 6) is 0.